The predicted octanol–water partition coefficient (Wildman–Crippen LogP) is 4.43. The molecule has 22 heavy (non-hydrogen) atoms. The van der Waals surface area contributed by atoms with Crippen LogP contribution < -0.4 is 10.3 Å². The Morgan fingerprint density at radius 3 is 2.68 bits per heavy atom. The van der Waals surface area contributed by atoms with Crippen molar-refractivity contribution in [2.45, 2.75) is 25.7 Å². The number of benzene rings is 1. The Bertz CT molecular complexity index is 728. The minimum absolute atomic E-state index is 0.124. The van der Waals surface area contributed by atoms with Gasteiger partial charge in [-0.15, -0.1) is 0 Å². The van der Waals surface area contributed by atoms with Crippen LogP contribution in [0, 0.1) is 0 Å². The van der Waals surface area contributed by atoms with Crippen LogP contribution in [0.1, 0.15) is 31.2 Å². The summed E-state index contributed by atoms with van der Waals surface area (Å²) in [5, 5.41) is 0.793. The topological polar surface area (TPSA) is 42.1 Å². The lowest BCUT2D eigenvalue weighted by Gasteiger charge is -2.22. The Hall–Kier alpha value is -2.00. The molecule has 0 bridgehead atoms. The molecule has 3 nitrogen and oxygen atoms in total. The minimum atomic E-state index is -0.124. The van der Waals surface area contributed by atoms with Crippen LogP contribution in [0.3, 0.4) is 0 Å². The van der Waals surface area contributed by atoms with Gasteiger partial charge in [0.1, 0.15) is 12.4 Å². The molecule has 0 saturated heterocycles. The van der Waals surface area contributed by atoms with Crippen LogP contribution >= 0.6 is 11.6 Å². The first-order valence-corrected chi connectivity index (χ1v) is 7.89. The van der Waals surface area contributed by atoms with Crippen molar-refractivity contribution in [1.29, 1.82) is 0 Å². The Kier molecular flexibility index (Phi) is 4.64. The zero-order valence-electron chi connectivity index (χ0n) is 12.3. The van der Waals surface area contributed by atoms with Crippen molar-refractivity contribution >= 4 is 17.2 Å². The van der Waals surface area contributed by atoms with Gasteiger partial charge in [0.15, 0.2) is 0 Å². The van der Waals surface area contributed by atoms with Gasteiger partial charge in [0.25, 0.3) is 0 Å². The number of pyridine rings is 1. The van der Waals surface area contributed by atoms with Crippen molar-refractivity contribution in [1.82, 2.24) is 4.98 Å². The summed E-state index contributed by atoms with van der Waals surface area (Å²) in [7, 11) is 0. The van der Waals surface area contributed by atoms with Gasteiger partial charge in [-0.05, 0) is 54.5 Å². The molecule has 3 rings (SSSR count). The van der Waals surface area contributed by atoms with Crippen LogP contribution in [0.2, 0.25) is 5.02 Å². The molecule has 0 radical (unpaired) electrons. The average Bonchev–Trinajstić information content (AvgIpc) is 2.55. The molecular formula is C18H18ClNO2. The molecule has 0 fully saturated rings. The van der Waals surface area contributed by atoms with E-state index >= 15 is 0 Å². The lowest BCUT2D eigenvalue weighted by molar-refractivity contribution is 0.343. The quantitative estimate of drug-likeness (QED) is 0.906. The van der Waals surface area contributed by atoms with E-state index in [1.54, 1.807) is 12.3 Å². The molecule has 114 valence electrons. The van der Waals surface area contributed by atoms with Gasteiger partial charge >= 0.3 is 0 Å². The highest BCUT2D eigenvalue weighted by Gasteiger charge is 2.16. The van der Waals surface area contributed by atoms with Gasteiger partial charge in [-0.1, -0.05) is 29.8 Å². The maximum atomic E-state index is 11.1. The highest BCUT2D eigenvalue weighted by atomic mass is 35.5. The fourth-order valence-corrected chi connectivity index (χ4v) is 3.06. The Morgan fingerprint density at radius 1 is 1.09 bits per heavy atom. The Labute approximate surface area is 134 Å². The maximum absolute atomic E-state index is 11.1. The number of rotatable bonds is 4. The van der Waals surface area contributed by atoms with Gasteiger partial charge in [0.2, 0.25) is 5.56 Å². The molecule has 1 heterocycles. The molecule has 1 aromatic heterocycles. The molecular weight excluding hydrogens is 298 g/mol. The second-order valence-electron chi connectivity index (χ2n) is 5.45. The number of H-pyrrole nitrogens is 1. The monoisotopic (exact) mass is 315 g/mol. The molecule has 0 aliphatic heterocycles. The normalized spacial score (nSPS) is 15.0. The first-order chi connectivity index (χ1) is 10.7. The molecule has 1 aromatic carbocycles. The number of allylic oxidation sites excluding steroid dienone is 1. The third-order valence-corrected chi connectivity index (χ3v) is 4.28. The van der Waals surface area contributed by atoms with Crippen LogP contribution in [-0.2, 0) is 0 Å². The van der Waals surface area contributed by atoms with E-state index < -0.39 is 0 Å². The number of ether oxygens (including phenoxy) is 1. The number of hydrogen-bond donors (Lipinski definition) is 1. The lowest BCUT2D eigenvalue weighted by atomic mass is 9.87. The fourth-order valence-electron chi connectivity index (χ4n) is 2.81. The largest absolute Gasteiger partial charge is 0.488 e. The fraction of sp³-hybridized carbons (Fsp3) is 0.278. The first-order valence-electron chi connectivity index (χ1n) is 7.51. The van der Waals surface area contributed by atoms with E-state index in [1.807, 2.05) is 18.2 Å². The molecule has 0 unspecified atom stereocenters. The van der Waals surface area contributed by atoms with Crippen molar-refractivity contribution in [2.75, 3.05) is 6.61 Å². The standard InChI is InChI=1S/C18H18ClNO2/c19-17-8-4-3-7-16(17)15-6-2-1-5-13(15)12-22-14-9-10-18(21)20-11-14/h3-4,7-11H,1-2,5-6,12H2,(H,20,21). The van der Waals surface area contributed by atoms with Crippen molar-refractivity contribution in [3.63, 3.8) is 0 Å². The number of aromatic nitrogens is 1. The highest BCUT2D eigenvalue weighted by molar-refractivity contribution is 6.32. The second-order valence-corrected chi connectivity index (χ2v) is 5.85. The van der Waals surface area contributed by atoms with E-state index in [4.69, 9.17) is 16.3 Å². The molecule has 2 aromatic rings. The Morgan fingerprint density at radius 2 is 1.91 bits per heavy atom. The van der Waals surface area contributed by atoms with Crippen LogP contribution in [0.5, 0.6) is 5.75 Å². The van der Waals surface area contributed by atoms with Crippen molar-refractivity contribution in [3.8, 4) is 5.75 Å². The third-order valence-electron chi connectivity index (χ3n) is 3.95. The zero-order valence-corrected chi connectivity index (χ0v) is 13.0. The van der Waals surface area contributed by atoms with Crippen LogP contribution in [0.15, 0.2) is 53.0 Å². The van der Waals surface area contributed by atoms with E-state index in [0.29, 0.717) is 12.4 Å². The molecule has 0 amide bonds. The molecule has 0 atom stereocenters. The van der Waals surface area contributed by atoms with Crippen molar-refractivity contribution < 1.29 is 4.74 Å². The number of hydrogen-bond acceptors (Lipinski definition) is 2. The maximum Gasteiger partial charge on any atom is 0.248 e. The van der Waals surface area contributed by atoms with Gasteiger partial charge in [-0.3, -0.25) is 4.79 Å². The van der Waals surface area contributed by atoms with Gasteiger partial charge in [-0.2, -0.15) is 0 Å². The van der Waals surface area contributed by atoms with E-state index in [1.165, 1.54) is 30.1 Å². The molecule has 1 aliphatic carbocycles. The highest BCUT2D eigenvalue weighted by Crippen LogP contribution is 2.35. The van der Waals surface area contributed by atoms with Gasteiger partial charge in [0.05, 0.1) is 0 Å². The third kappa shape index (κ3) is 3.42. The predicted molar refractivity (Wildman–Crippen MR) is 89.4 cm³/mol. The number of halogens is 1. The van der Waals surface area contributed by atoms with Crippen molar-refractivity contribution in [3.05, 3.63) is 69.1 Å². The summed E-state index contributed by atoms with van der Waals surface area (Å²) in [6.45, 7) is 0.534. The Balaban J connectivity index is 1.83. The SMILES string of the molecule is O=c1ccc(OCC2=C(c3ccccc3Cl)CCCC2)c[nH]1. The smallest absolute Gasteiger partial charge is 0.248 e. The van der Waals surface area contributed by atoms with Crippen LogP contribution in [0.4, 0.5) is 0 Å². The van der Waals surface area contributed by atoms with Gasteiger partial charge < -0.3 is 9.72 Å². The summed E-state index contributed by atoms with van der Waals surface area (Å²) in [5.41, 5.74) is 3.59. The summed E-state index contributed by atoms with van der Waals surface area (Å²) in [6, 6.07) is 11.1. The first kappa shape index (κ1) is 14.9. The zero-order chi connectivity index (χ0) is 15.4. The molecule has 0 spiro atoms. The van der Waals surface area contributed by atoms with Crippen LogP contribution in [-0.4, -0.2) is 11.6 Å². The molecule has 0 saturated carbocycles. The average molecular weight is 316 g/mol. The van der Waals surface area contributed by atoms with E-state index in [9.17, 15) is 4.79 Å². The van der Waals surface area contributed by atoms with Crippen molar-refractivity contribution in [2.24, 2.45) is 0 Å². The summed E-state index contributed by atoms with van der Waals surface area (Å²) in [6.07, 6.45) is 6.03. The van der Waals surface area contributed by atoms with Gasteiger partial charge in [-0.25, -0.2) is 0 Å². The van der Waals surface area contributed by atoms with Crippen LogP contribution in [0.25, 0.3) is 5.57 Å². The second kappa shape index (κ2) is 6.84. The molecule has 1 aliphatic rings. The van der Waals surface area contributed by atoms with E-state index in [-0.39, 0.29) is 5.56 Å². The molecule has 1 N–H and O–H groups in total. The van der Waals surface area contributed by atoms with Gasteiger partial charge in [0, 0.05) is 17.3 Å². The minimum Gasteiger partial charge on any atom is -0.488 e. The lowest BCUT2D eigenvalue weighted by Crippen LogP contribution is -2.10. The summed E-state index contributed by atoms with van der Waals surface area (Å²) < 4.78 is 5.82. The summed E-state index contributed by atoms with van der Waals surface area (Å²) >= 11 is 6.34. The van der Waals surface area contributed by atoms with E-state index in [2.05, 4.69) is 11.1 Å². The summed E-state index contributed by atoms with van der Waals surface area (Å²) in [4.78, 5) is 13.7. The number of nitrogens with one attached hydrogen (secondary N) is 1. The molecule has 4 heteroatoms. The summed E-state index contributed by atoms with van der Waals surface area (Å²) in [5.74, 6) is 0.677. The number of aromatic amines is 1. The van der Waals surface area contributed by atoms with E-state index in [0.717, 1.165) is 23.4 Å².